The SMILES string of the molecule is CC(C)COC(=O)CN(C)C(=O)CCC1CCCC1. The molecular weight excluding hydrogens is 242 g/mol. The van der Waals surface area contributed by atoms with Crippen molar-refractivity contribution >= 4 is 11.9 Å². The van der Waals surface area contributed by atoms with E-state index in [2.05, 4.69) is 0 Å². The summed E-state index contributed by atoms with van der Waals surface area (Å²) in [5.74, 6) is 0.774. The third-order valence-electron chi connectivity index (χ3n) is 3.61. The lowest BCUT2D eigenvalue weighted by Crippen LogP contribution is -2.33. The minimum Gasteiger partial charge on any atom is -0.464 e. The van der Waals surface area contributed by atoms with Crippen LogP contribution in [0.3, 0.4) is 0 Å². The molecule has 0 bridgehead atoms. The van der Waals surface area contributed by atoms with Crippen LogP contribution in [0.4, 0.5) is 0 Å². The Balaban J connectivity index is 2.18. The minimum atomic E-state index is -0.314. The number of amides is 1. The van der Waals surface area contributed by atoms with Crippen molar-refractivity contribution in [3.63, 3.8) is 0 Å². The molecule has 0 atom stereocenters. The number of esters is 1. The summed E-state index contributed by atoms with van der Waals surface area (Å²) in [5.41, 5.74) is 0. The van der Waals surface area contributed by atoms with E-state index in [0.29, 0.717) is 24.9 Å². The van der Waals surface area contributed by atoms with Gasteiger partial charge in [-0.15, -0.1) is 0 Å². The lowest BCUT2D eigenvalue weighted by Gasteiger charge is -2.18. The largest absolute Gasteiger partial charge is 0.464 e. The zero-order valence-corrected chi connectivity index (χ0v) is 12.5. The first kappa shape index (κ1) is 16.0. The fourth-order valence-corrected chi connectivity index (χ4v) is 2.40. The van der Waals surface area contributed by atoms with Crippen LogP contribution in [0.5, 0.6) is 0 Å². The molecule has 1 fully saturated rings. The quantitative estimate of drug-likeness (QED) is 0.667. The second-order valence-corrected chi connectivity index (χ2v) is 6.02. The number of hydrogen-bond acceptors (Lipinski definition) is 3. The van der Waals surface area contributed by atoms with Crippen molar-refractivity contribution in [3.8, 4) is 0 Å². The first-order valence-electron chi connectivity index (χ1n) is 7.38. The molecular formula is C15H27NO3. The topological polar surface area (TPSA) is 46.6 Å². The molecule has 0 N–H and O–H groups in total. The maximum absolute atomic E-state index is 11.9. The monoisotopic (exact) mass is 269 g/mol. The van der Waals surface area contributed by atoms with Crippen LogP contribution in [0.25, 0.3) is 0 Å². The van der Waals surface area contributed by atoms with Gasteiger partial charge >= 0.3 is 5.97 Å². The van der Waals surface area contributed by atoms with Gasteiger partial charge in [0.25, 0.3) is 0 Å². The van der Waals surface area contributed by atoms with E-state index in [1.54, 1.807) is 7.05 Å². The maximum Gasteiger partial charge on any atom is 0.325 e. The molecule has 1 saturated carbocycles. The fraction of sp³-hybridized carbons (Fsp3) is 0.867. The van der Waals surface area contributed by atoms with Gasteiger partial charge in [0.1, 0.15) is 6.54 Å². The summed E-state index contributed by atoms with van der Waals surface area (Å²) in [5, 5.41) is 0. The smallest absolute Gasteiger partial charge is 0.325 e. The third kappa shape index (κ3) is 6.60. The Bertz CT molecular complexity index is 296. The van der Waals surface area contributed by atoms with E-state index in [1.807, 2.05) is 13.8 Å². The summed E-state index contributed by atoms with van der Waals surface area (Å²) in [6.07, 6.45) is 6.64. The molecule has 19 heavy (non-hydrogen) atoms. The number of ether oxygens (including phenoxy) is 1. The number of hydrogen-bond donors (Lipinski definition) is 0. The van der Waals surface area contributed by atoms with Crippen LogP contribution in [0, 0.1) is 11.8 Å². The van der Waals surface area contributed by atoms with Crippen molar-refractivity contribution in [3.05, 3.63) is 0 Å². The van der Waals surface area contributed by atoms with Crippen LogP contribution in [-0.4, -0.2) is 37.0 Å². The van der Waals surface area contributed by atoms with Crippen molar-refractivity contribution < 1.29 is 14.3 Å². The highest BCUT2D eigenvalue weighted by Crippen LogP contribution is 2.28. The Hall–Kier alpha value is -1.06. The Labute approximate surface area is 116 Å². The zero-order valence-electron chi connectivity index (χ0n) is 12.5. The molecule has 4 heteroatoms. The van der Waals surface area contributed by atoms with Gasteiger partial charge in [0.05, 0.1) is 6.61 Å². The molecule has 1 amide bonds. The average Bonchev–Trinajstić information content (AvgIpc) is 2.86. The molecule has 0 saturated heterocycles. The predicted octanol–water partition coefficient (Wildman–Crippen LogP) is 2.61. The van der Waals surface area contributed by atoms with Gasteiger partial charge in [-0.1, -0.05) is 39.5 Å². The van der Waals surface area contributed by atoms with Crippen molar-refractivity contribution in [2.45, 2.75) is 52.4 Å². The van der Waals surface area contributed by atoms with E-state index < -0.39 is 0 Å². The van der Waals surface area contributed by atoms with Gasteiger partial charge in [0.15, 0.2) is 0 Å². The molecule has 110 valence electrons. The molecule has 1 rings (SSSR count). The van der Waals surface area contributed by atoms with Gasteiger partial charge in [-0.25, -0.2) is 0 Å². The van der Waals surface area contributed by atoms with E-state index in [1.165, 1.54) is 30.6 Å². The molecule has 0 spiro atoms. The Kier molecular flexibility index (Phi) is 6.89. The molecule has 0 radical (unpaired) electrons. The van der Waals surface area contributed by atoms with E-state index in [9.17, 15) is 9.59 Å². The van der Waals surface area contributed by atoms with Crippen LogP contribution in [-0.2, 0) is 14.3 Å². The maximum atomic E-state index is 11.9. The Morgan fingerprint density at radius 2 is 1.89 bits per heavy atom. The second-order valence-electron chi connectivity index (χ2n) is 6.02. The first-order chi connectivity index (χ1) is 8.99. The molecule has 0 unspecified atom stereocenters. The van der Waals surface area contributed by atoms with Gasteiger partial charge in [0.2, 0.25) is 5.91 Å². The van der Waals surface area contributed by atoms with Crippen LogP contribution in [0.15, 0.2) is 0 Å². The predicted molar refractivity (Wildman–Crippen MR) is 74.6 cm³/mol. The molecule has 1 aliphatic rings. The summed E-state index contributed by atoms with van der Waals surface area (Å²) in [7, 11) is 1.67. The van der Waals surface area contributed by atoms with Gasteiger partial charge in [-0.3, -0.25) is 9.59 Å². The summed E-state index contributed by atoms with van der Waals surface area (Å²) in [4.78, 5) is 24.9. The van der Waals surface area contributed by atoms with Gasteiger partial charge in [0, 0.05) is 13.5 Å². The van der Waals surface area contributed by atoms with Crippen molar-refractivity contribution in [1.29, 1.82) is 0 Å². The lowest BCUT2D eigenvalue weighted by molar-refractivity contribution is -0.149. The van der Waals surface area contributed by atoms with Crippen LogP contribution < -0.4 is 0 Å². The molecule has 0 aromatic heterocycles. The Morgan fingerprint density at radius 1 is 1.26 bits per heavy atom. The van der Waals surface area contributed by atoms with Gasteiger partial charge in [-0.05, 0) is 18.3 Å². The number of carbonyl (C=O) groups excluding carboxylic acids is 2. The van der Waals surface area contributed by atoms with E-state index in [-0.39, 0.29) is 18.4 Å². The number of likely N-dealkylation sites (N-methyl/N-ethyl adjacent to an activating group) is 1. The number of nitrogens with zero attached hydrogens (tertiary/aromatic N) is 1. The van der Waals surface area contributed by atoms with Crippen molar-refractivity contribution in [1.82, 2.24) is 4.90 Å². The minimum absolute atomic E-state index is 0.0494. The molecule has 1 aliphatic carbocycles. The van der Waals surface area contributed by atoms with E-state index >= 15 is 0 Å². The highest BCUT2D eigenvalue weighted by atomic mass is 16.5. The number of carbonyl (C=O) groups is 2. The summed E-state index contributed by atoms with van der Waals surface area (Å²) >= 11 is 0. The van der Waals surface area contributed by atoms with Gasteiger partial charge < -0.3 is 9.64 Å². The average molecular weight is 269 g/mol. The van der Waals surface area contributed by atoms with Crippen LogP contribution >= 0.6 is 0 Å². The lowest BCUT2D eigenvalue weighted by atomic mass is 10.0. The second kappa shape index (κ2) is 8.18. The zero-order chi connectivity index (χ0) is 14.3. The van der Waals surface area contributed by atoms with Crippen molar-refractivity contribution in [2.75, 3.05) is 20.2 Å². The fourth-order valence-electron chi connectivity index (χ4n) is 2.40. The summed E-state index contributed by atoms with van der Waals surface area (Å²) < 4.78 is 5.07. The standard InChI is InChI=1S/C15H27NO3/c1-12(2)11-19-15(18)10-16(3)14(17)9-8-13-6-4-5-7-13/h12-13H,4-11H2,1-3H3. The third-order valence-corrected chi connectivity index (χ3v) is 3.61. The van der Waals surface area contributed by atoms with Crippen molar-refractivity contribution in [2.24, 2.45) is 11.8 Å². The highest BCUT2D eigenvalue weighted by molar-refractivity contribution is 5.81. The first-order valence-corrected chi connectivity index (χ1v) is 7.38. The Morgan fingerprint density at radius 3 is 2.47 bits per heavy atom. The molecule has 0 aromatic rings. The van der Waals surface area contributed by atoms with Gasteiger partial charge in [-0.2, -0.15) is 0 Å². The summed E-state index contributed by atoms with van der Waals surface area (Å²) in [6.45, 7) is 4.46. The van der Waals surface area contributed by atoms with E-state index in [4.69, 9.17) is 4.74 Å². The highest BCUT2D eigenvalue weighted by Gasteiger charge is 2.19. The molecule has 0 aromatic carbocycles. The molecule has 0 heterocycles. The number of rotatable bonds is 7. The van der Waals surface area contributed by atoms with Crippen LogP contribution in [0.2, 0.25) is 0 Å². The van der Waals surface area contributed by atoms with Crippen LogP contribution in [0.1, 0.15) is 52.4 Å². The molecule has 0 aliphatic heterocycles. The summed E-state index contributed by atoms with van der Waals surface area (Å²) in [6, 6.07) is 0. The normalized spacial score (nSPS) is 15.8. The van der Waals surface area contributed by atoms with E-state index in [0.717, 1.165) is 6.42 Å². The molecule has 4 nitrogen and oxygen atoms in total.